The van der Waals surface area contributed by atoms with E-state index in [9.17, 15) is 0 Å². The van der Waals surface area contributed by atoms with E-state index in [0.29, 0.717) is 0 Å². The summed E-state index contributed by atoms with van der Waals surface area (Å²) in [4.78, 5) is 0. The van der Waals surface area contributed by atoms with Crippen LogP contribution in [-0.4, -0.2) is 16.4 Å². The Bertz CT molecular complexity index is 324. The maximum absolute atomic E-state index is 5.40. The summed E-state index contributed by atoms with van der Waals surface area (Å²) in [6.45, 7) is 7.07. The van der Waals surface area contributed by atoms with Gasteiger partial charge in [-0.3, -0.25) is 4.68 Å². The van der Waals surface area contributed by atoms with Crippen molar-refractivity contribution in [3.8, 4) is 0 Å². The first-order valence-electron chi connectivity index (χ1n) is 4.19. The summed E-state index contributed by atoms with van der Waals surface area (Å²) in [6, 6.07) is 0. The van der Waals surface area contributed by atoms with Gasteiger partial charge >= 0.3 is 0 Å². The van der Waals surface area contributed by atoms with E-state index in [2.05, 4.69) is 18.9 Å². The van der Waals surface area contributed by atoms with Gasteiger partial charge in [0.1, 0.15) is 5.60 Å². The molecule has 0 spiro atoms. The summed E-state index contributed by atoms with van der Waals surface area (Å²) in [7, 11) is 1.97. The van der Waals surface area contributed by atoms with Crippen molar-refractivity contribution < 1.29 is 4.74 Å². The van der Waals surface area contributed by atoms with Gasteiger partial charge in [-0.1, -0.05) is 0 Å². The average Bonchev–Trinajstić information content (AvgIpc) is 2.62. The quantitative estimate of drug-likeness (QED) is 0.588. The van der Waals surface area contributed by atoms with Gasteiger partial charge in [0.25, 0.3) is 0 Å². The molecule has 1 aliphatic heterocycles. The van der Waals surface area contributed by atoms with Gasteiger partial charge in [-0.15, -0.1) is 0 Å². The number of hydrogen-bond donors (Lipinski definition) is 0. The van der Waals surface area contributed by atoms with E-state index in [0.717, 1.165) is 12.3 Å². The van der Waals surface area contributed by atoms with E-state index in [-0.39, 0.29) is 5.60 Å². The molecular formula is C9H14N2O. The average molecular weight is 166 g/mol. The van der Waals surface area contributed by atoms with Crippen molar-refractivity contribution in [2.24, 2.45) is 7.05 Å². The lowest BCUT2D eigenvalue weighted by Crippen LogP contribution is -2.05. The molecule has 1 atom stereocenters. The second-order valence-electron chi connectivity index (χ2n) is 3.69. The van der Waals surface area contributed by atoms with Crippen LogP contribution >= 0.6 is 0 Å². The van der Waals surface area contributed by atoms with Crippen molar-refractivity contribution in [1.29, 1.82) is 0 Å². The first kappa shape index (κ1) is 7.80. The Hall–Kier alpha value is -0.830. The lowest BCUT2D eigenvalue weighted by atomic mass is 10.0. The van der Waals surface area contributed by atoms with Gasteiger partial charge in [0.2, 0.25) is 0 Å². The second-order valence-corrected chi connectivity index (χ2v) is 3.69. The van der Waals surface area contributed by atoms with E-state index in [1.165, 1.54) is 11.3 Å². The molecular weight excluding hydrogens is 152 g/mol. The third-order valence-corrected chi connectivity index (χ3v) is 2.62. The fourth-order valence-corrected chi connectivity index (χ4v) is 1.79. The van der Waals surface area contributed by atoms with Crippen LogP contribution in [-0.2, 0) is 17.4 Å². The fourth-order valence-electron chi connectivity index (χ4n) is 1.79. The smallest absolute Gasteiger partial charge is 0.117 e. The lowest BCUT2D eigenvalue weighted by Gasteiger charge is -2.04. The van der Waals surface area contributed by atoms with Crippen LogP contribution in [0.25, 0.3) is 0 Å². The van der Waals surface area contributed by atoms with Crippen LogP contribution in [0.4, 0.5) is 0 Å². The largest absolute Gasteiger partial charge is 0.365 e. The summed E-state index contributed by atoms with van der Waals surface area (Å²) in [5.74, 6) is 0. The highest BCUT2D eigenvalue weighted by atomic mass is 16.6. The number of nitrogens with zero attached hydrogens (tertiary/aromatic N) is 2. The molecule has 12 heavy (non-hydrogen) atoms. The molecule has 0 aliphatic carbocycles. The van der Waals surface area contributed by atoms with E-state index in [1.54, 1.807) is 0 Å². The van der Waals surface area contributed by atoms with Gasteiger partial charge in [-0.25, -0.2) is 0 Å². The maximum atomic E-state index is 5.40. The molecule has 1 aromatic heterocycles. The first-order valence-corrected chi connectivity index (χ1v) is 4.19. The highest BCUT2D eigenvalue weighted by Crippen LogP contribution is 2.40. The van der Waals surface area contributed by atoms with Crippen molar-refractivity contribution >= 4 is 0 Å². The van der Waals surface area contributed by atoms with Crippen LogP contribution in [0.2, 0.25) is 0 Å². The standard InChI is InChI=1S/C9H14N2O/c1-6-8(9(3)5-12-9)7(2)11(4)10-6/h5H2,1-4H3. The van der Waals surface area contributed by atoms with Gasteiger partial charge in [0, 0.05) is 18.3 Å². The van der Waals surface area contributed by atoms with Crippen LogP contribution in [0.15, 0.2) is 0 Å². The van der Waals surface area contributed by atoms with Gasteiger partial charge in [-0.2, -0.15) is 5.10 Å². The van der Waals surface area contributed by atoms with E-state index in [4.69, 9.17) is 4.74 Å². The number of epoxide rings is 1. The number of ether oxygens (including phenoxy) is 1. The minimum atomic E-state index is -0.0393. The topological polar surface area (TPSA) is 30.4 Å². The van der Waals surface area contributed by atoms with Crippen molar-refractivity contribution in [3.63, 3.8) is 0 Å². The molecule has 66 valence electrons. The van der Waals surface area contributed by atoms with Crippen LogP contribution in [0.3, 0.4) is 0 Å². The van der Waals surface area contributed by atoms with E-state index >= 15 is 0 Å². The summed E-state index contributed by atoms with van der Waals surface area (Å²) >= 11 is 0. The Balaban J connectivity index is 2.55. The molecule has 0 radical (unpaired) electrons. The molecule has 1 unspecified atom stereocenters. The zero-order chi connectivity index (χ0) is 8.93. The van der Waals surface area contributed by atoms with Crippen LogP contribution < -0.4 is 0 Å². The molecule has 1 aromatic rings. The van der Waals surface area contributed by atoms with E-state index in [1.807, 2.05) is 18.7 Å². The van der Waals surface area contributed by atoms with Crippen LogP contribution in [0.5, 0.6) is 0 Å². The molecule has 3 nitrogen and oxygen atoms in total. The minimum Gasteiger partial charge on any atom is -0.365 e. The van der Waals surface area contributed by atoms with Gasteiger partial charge in [0.05, 0.1) is 12.3 Å². The third kappa shape index (κ3) is 0.894. The zero-order valence-corrected chi connectivity index (χ0v) is 8.01. The number of rotatable bonds is 1. The Morgan fingerprint density at radius 2 is 2.08 bits per heavy atom. The Kier molecular flexibility index (Phi) is 1.37. The maximum Gasteiger partial charge on any atom is 0.117 e. The van der Waals surface area contributed by atoms with Crippen molar-refractivity contribution in [3.05, 3.63) is 17.0 Å². The van der Waals surface area contributed by atoms with Crippen LogP contribution in [0, 0.1) is 13.8 Å². The molecule has 1 saturated heterocycles. The van der Waals surface area contributed by atoms with Gasteiger partial charge in [0.15, 0.2) is 0 Å². The fraction of sp³-hybridized carbons (Fsp3) is 0.667. The van der Waals surface area contributed by atoms with Gasteiger partial charge in [-0.05, 0) is 20.8 Å². The lowest BCUT2D eigenvalue weighted by molar-refractivity contribution is 0.327. The first-order chi connectivity index (χ1) is 5.54. The number of aryl methyl sites for hydroxylation is 2. The Labute approximate surface area is 72.3 Å². The monoisotopic (exact) mass is 166 g/mol. The van der Waals surface area contributed by atoms with E-state index < -0.39 is 0 Å². The van der Waals surface area contributed by atoms with Crippen LogP contribution in [0.1, 0.15) is 23.9 Å². The molecule has 2 heterocycles. The third-order valence-electron chi connectivity index (χ3n) is 2.62. The van der Waals surface area contributed by atoms with Crippen molar-refractivity contribution in [2.45, 2.75) is 26.4 Å². The molecule has 1 aliphatic rings. The van der Waals surface area contributed by atoms with Crippen molar-refractivity contribution in [2.75, 3.05) is 6.61 Å². The highest BCUT2D eigenvalue weighted by molar-refractivity contribution is 5.33. The highest BCUT2D eigenvalue weighted by Gasteiger charge is 2.44. The van der Waals surface area contributed by atoms with Gasteiger partial charge < -0.3 is 4.74 Å². The molecule has 0 saturated carbocycles. The molecule has 0 aromatic carbocycles. The second kappa shape index (κ2) is 2.10. The SMILES string of the molecule is Cc1nn(C)c(C)c1C1(C)CO1. The molecule has 1 fully saturated rings. The summed E-state index contributed by atoms with van der Waals surface area (Å²) in [5.41, 5.74) is 3.54. The normalized spacial score (nSPS) is 27.7. The molecule has 3 heteroatoms. The summed E-state index contributed by atoms with van der Waals surface area (Å²) in [5, 5.41) is 4.35. The molecule has 0 bridgehead atoms. The predicted octanol–water partition coefficient (Wildman–Crippen LogP) is 1.28. The van der Waals surface area contributed by atoms with Crippen molar-refractivity contribution in [1.82, 2.24) is 9.78 Å². The predicted molar refractivity (Wildman–Crippen MR) is 46.0 cm³/mol. The molecule has 0 N–H and O–H groups in total. The zero-order valence-electron chi connectivity index (χ0n) is 8.01. The number of aromatic nitrogens is 2. The molecule has 0 amide bonds. The summed E-state index contributed by atoms with van der Waals surface area (Å²) in [6.07, 6.45) is 0. The Morgan fingerprint density at radius 1 is 1.50 bits per heavy atom. The minimum absolute atomic E-state index is 0.0393. The number of hydrogen-bond acceptors (Lipinski definition) is 2. The Morgan fingerprint density at radius 3 is 2.42 bits per heavy atom. The summed E-state index contributed by atoms with van der Waals surface area (Å²) < 4.78 is 7.32. The molecule has 2 rings (SSSR count).